The third kappa shape index (κ3) is 9.56. The monoisotopic (exact) mass is 697 g/mol. The van der Waals surface area contributed by atoms with Gasteiger partial charge in [-0.15, -0.1) is 0 Å². The molecular weight excluding hydrogens is 665 g/mol. The number of nitrogens with zero attached hydrogens (tertiary/aromatic N) is 1. The van der Waals surface area contributed by atoms with E-state index in [9.17, 15) is 18.0 Å². The molecule has 1 fully saturated rings. The summed E-state index contributed by atoms with van der Waals surface area (Å²) in [6.45, 7) is 0.348. The second kappa shape index (κ2) is 15.5. The number of carbonyl (C=O) groups excluding carboxylic acids is 2. The third-order valence-corrected chi connectivity index (χ3v) is 10.1. The van der Waals surface area contributed by atoms with E-state index in [2.05, 4.69) is 10.0 Å². The van der Waals surface area contributed by atoms with Crippen LogP contribution < -0.4 is 10.0 Å². The van der Waals surface area contributed by atoms with Gasteiger partial charge < -0.3 is 10.2 Å². The lowest BCUT2D eigenvalue weighted by atomic mass is 10.0. The Morgan fingerprint density at radius 3 is 2.11 bits per heavy atom. The van der Waals surface area contributed by atoms with Gasteiger partial charge in [-0.2, -0.15) is 0 Å². The van der Waals surface area contributed by atoms with E-state index in [1.807, 2.05) is 42.5 Å². The highest BCUT2D eigenvalue weighted by atomic mass is 35.5. The Bertz CT molecular complexity index is 1770. The molecule has 2 N–H and O–H groups in total. The predicted octanol–water partition coefficient (Wildman–Crippen LogP) is 6.98. The first kappa shape index (κ1) is 33.9. The molecule has 7 nitrogen and oxygen atoms in total. The number of halogens is 3. The number of amides is 2. The van der Waals surface area contributed by atoms with Crippen LogP contribution in [0.1, 0.15) is 41.5 Å². The minimum absolute atomic E-state index is 0.0122. The Morgan fingerprint density at radius 2 is 1.46 bits per heavy atom. The molecule has 11 heteroatoms. The molecule has 0 heterocycles. The van der Waals surface area contributed by atoms with Gasteiger partial charge in [0.15, 0.2) is 0 Å². The van der Waals surface area contributed by atoms with Gasteiger partial charge in [-0.3, -0.25) is 9.59 Å². The Morgan fingerprint density at radius 1 is 0.804 bits per heavy atom. The van der Waals surface area contributed by atoms with Gasteiger partial charge in [0.1, 0.15) is 6.04 Å². The van der Waals surface area contributed by atoms with E-state index in [4.69, 9.17) is 34.8 Å². The van der Waals surface area contributed by atoms with Gasteiger partial charge in [0, 0.05) is 47.0 Å². The largest absolute Gasteiger partial charge is 0.350 e. The van der Waals surface area contributed by atoms with Gasteiger partial charge in [0.2, 0.25) is 21.8 Å². The van der Waals surface area contributed by atoms with Crippen LogP contribution in [-0.2, 0) is 45.5 Å². The van der Waals surface area contributed by atoms with Crippen molar-refractivity contribution in [3.05, 3.63) is 134 Å². The van der Waals surface area contributed by atoms with Crippen LogP contribution in [0.5, 0.6) is 0 Å². The molecular formula is C35H34Cl3N3O4S. The maximum atomic E-state index is 14.0. The van der Waals surface area contributed by atoms with E-state index < -0.39 is 16.1 Å². The van der Waals surface area contributed by atoms with Gasteiger partial charge in [-0.1, -0.05) is 95.5 Å². The lowest BCUT2D eigenvalue weighted by molar-refractivity contribution is -0.141. The molecule has 0 aliphatic heterocycles. The number of rotatable bonds is 14. The summed E-state index contributed by atoms with van der Waals surface area (Å²) in [5, 5.41) is 4.47. The van der Waals surface area contributed by atoms with E-state index in [1.54, 1.807) is 59.5 Å². The van der Waals surface area contributed by atoms with Gasteiger partial charge in [0.05, 0.1) is 4.90 Å². The number of hydrogen-bond donors (Lipinski definition) is 2. The Kier molecular flexibility index (Phi) is 11.4. The highest BCUT2D eigenvalue weighted by Gasteiger charge is 2.31. The Balaban J connectivity index is 1.37. The van der Waals surface area contributed by atoms with Gasteiger partial charge in [-0.25, -0.2) is 13.1 Å². The van der Waals surface area contributed by atoms with Gasteiger partial charge in [-0.05, 0) is 77.9 Å². The maximum Gasteiger partial charge on any atom is 0.243 e. The molecule has 1 saturated carbocycles. The van der Waals surface area contributed by atoms with E-state index in [0.717, 1.165) is 29.5 Å². The van der Waals surface area contributed by atoms with Crippen molar-refractivity contribution in [1.29, 1.82) is 0 Å². The fraction of sp³-hybridized carbons (Fsp3) is 0.257. The predicted molar refractivity (Wildman–Crippen MR) is 182 cm³/mol. The second-order valence-corrected chi connectivity index (χ2v) is 14.3. The van der Waals surface area contributed by atoms with Gasteiger partial charge in [0.25, 0.3) is 0 Å². The summed E-state index contributed by atoms with van der Waals surface area (Å²) in [6.07, 6.45) is 2.48. The van der Waals surface area contributed by atoms with Crippen LogP contribution in [0.4, 0.5) is 0 Å². The van der Waals surface area contributed by atoms with Crippen LogP contribution in [0, 0.1) is 0 Å². The van der Waals surface area contributed by atoms with Crippen molar-refractivity contribution in [1.82, 2.24) is 14.9 Å². The average molecular weight is 699 g/mol. The van der Waals surface area contributed by atoms with Crippen LogP contribution in [0.3, 0.4) is 0 Å². The van der Waals surface area contributed by atoms with Crippen molar-refractivity contribution in [3.63, 3.8) is 0 Å². The third-order valence-electron chi connectivity index (χ3n) is 7.77. The first-order valence-corrected chi connectivity index (χ1v) is 17.6. The molecule has 0 aromatic heterocycles. The molecule has 1 aliphatic carbocycles. The number of hydrogen-bond acceptors (Lipinski definition) is 4. The minimum Gasteiger partial charge on any atom is -0.350 e. The molecule has 2 amide bonds. The zero-order valence-corrected chi connectivity index (χ0v) is 28.0. The molecule has 1 aliphatic rings. The summed E-state index contributed by atoms with van der Waals surface area (Å²) in [5.41, 5.74) is 3.23. The average Bonchev–Trinajstić information content (AvgIpc) is 3.86. The van der Waals surface area contributed by atoms with Crippen molar-refractivity contribution in [2.24, 2.45) is 0 Å². The molecule has 0 spiro atoms. The summed E-state index contributed by atoms with van der Waals surface area (Å²) >= 11 is 18.6. The number of nitrogens with one attached hydrogen (secondary N) is 2. The van der Waals surface area contributed by atoms with Crippen LogP contribution in [-0.4, -0.2) is 37.2 Å². The number of aryl methyl sites for hydroxylation is 1. The first-order chi connectivity index (χ1) is 22.1. The standard InChI is InChI=1S/C35H34Cl3N3O4S/c36-28-12-6-26(7-13-28)23-41(34(42)19-10-24-8-17-31(18-9-24)46(44,45)40-30-15-16-30)33(20-25-4-2-1-3-5-25)35(43)39-22-27-11-14-29(37)21-32(27)38/h1-9,11-14,17-18,21,30,33,40H,10,15-16,19-20,22-23H2,(H,39,43)/t33-/m1/s1. The zero-order valence-electron chi connectivity index (χ0n) is 25.0. The highest BCUT2D eigenvalue weighted by Crippen LogP contribution is 2.24. The number of sulfonamides is 1. The summed E-state index contributed by atoms with van der Waals surface area (Å²) in [6, 6.07) is 27.5. The number of carbonyl (C=O) groups is 2. The SMILES string of the molecule is O=C(NCc1ccc(Cl)cc1Cl)[C@@H](Cc1ccccc1)N(Cc1ccc(Cl)cc1)C(=O)CCc1ccc(S(=O)(=O)NC2CC2)cc1. The molecule has 240 valence electrons. The molecule has 0 bridgehead atoms. The van der Waals surface area contributed by atoms with E-state index in [0.29, 0.717) is 33.5 Å². The molecule has 5 rings (SSSR count). The second-order valence-electron chi connectivity index (χ2n) is 11.3. The highest BCUT2D eigenvalue weighted by molar-refractivity contribution is 7.89. The molecule has 1 atom stereocenters. The maximum absolute atomic E-state index is 14.0. The first-order valence-electron chi connectivity index (χ1n) is 15.0. The minimum atomic E-state index is -3.57. The normalized spacial score (nSPS) is 13.6. The van der Waals surface area contributed by atoms with E-state index >= 15 is 0 Å². The molecule has 0 saturated heterocycles. The lowest BCUT2D eigenvalue weighted by Crippen LogP contribution is -2.50. The van der Waals surface area contributed by atoms with Crippen molar-refractivity contribution in [3.8, 4) is 0 Å². The molecule has 46 heavy (non-hydrogen) atoms. The fourth-order valence-corrected chi connectivity index (χ4v) is 6.93. The van der Waals surface area contributed by atoms with E-state index in [-0.39, 0.29) is 42.3 Å². The molecule has 0 radical (unpaired) electrons. The number of benzene rings is 4. The fourth-order valence-electron chi connectivity index (χ4n) is 5.02. The summed E-state index contributed by atoms with van der Waals surface area (Å²) in [7, 11) is -3.57. The summed E-state index contributed by atoms with van der Waals surface area (Å²) in [4.78, 5) is 29.7. The van der Waals surface area contributed by atoms with Crippen molar-refractivity contribution in [2.75, 3.05) is 0 Å². The summed E-state index contributed by atoms with van der Waals surface area (Å²) < 4.78 is 27.8. The van der Waals surface area contributed by atoms with Crippen LogP contribution in [0.15, 0.2) is 102 Å². The lowest BCUT2D eigenvalue weighted by Gasteiger charge is -2.32. The molecule has 0 unspecified atom stereocenters. The smallest absolute Gasteiger partial charge is 0.243 e. The van der Waals surface area contributed by atoms with Crippen LogP contribution in [0.25, 0.3) is 0 Å². The Hall–Kier alpha value is -3.40. The van der Waals surface area contributed by atoms with E-state index in [1.165, 1.54) is 0 Å². The van der Waals surface area contributed by atoms with Crippen LogP contribution in [0.2, 0.25) is 15.1 Å². The van der Waals surface area contributed by atoms with Gasteiger partial charge >= 0.3 is 0 Å². The molecule has 4 aromatic carbocycles. The zero-order chi connectivity index (χ0) is 32.7. The van der Waals surface area contributed by atoms with Crippen molar-refractivity contribution in [2.45, 2.75) is 62.2 Å². The Labute approximate surface area is 284 Å². The molecule has 4 aromatic rings. The van der Waals surface area contributed by atoms with Crippen molar-refractivity contribution >= 4 is 56.6 Å². The topological polar surface area (TPSA) is 95.6 Å². The quantitative estimate of drug-likeness (QED) is 0.149. The summed E-state index contributed by atoms with van der Waals surface area (Å²) in [5.74, 6) is -0.544. The van der Waals surface area contributed by atoms with Crippen molar-refractivity contribution < 1.29 is 18.0 Å². The van der Waals surface area contributed by atoms with Crippen LogP contribution >= 0.6 is 34.8 Å².